The van der Waals surface area contributed by atoms with Gasteiger partial charge in [0.2, 0.25) is 16.0 Å². The van der Waals surface area contributed by atoms with Crippen molar-refractivity contribution in [3.05, 3.63) is 17.6 Å². The zero-order valence-corrected chi connectivity index (χ0v) is 7.93. The molecule has 0 bridgehead atoms. The van der Waals surface area contributed by atoms with Gasteiger partial charge in [0, 0.05) is 0 Å². The summed E-state index contributed by atoms with van der Waals surface area (Å²) in [5, 5.41) is 4.66. The van der Waals surface area contributed by atoms with Crippen LogP contribution in [0.25, 0.3) is 0 Å². The Kier molecular flexibility index (Phi) is 2.86. The minimum atomic E-state index is -4.29. The lowest BCUT2D eigenvalue weighted by molar-refractivity contribution is 0.145. The van der Waals surface area contributed by atoms with Crippen LogP contribution in [-0.4, -0.2) is 13.4 Å². The summed E-state index contributed by atoms with van der Waals surface area (Å²) in [7, 11) is -4.29. The van der Waals surface area contributed by atoms with Crippen LogP contribution in [0.2, 0.25) is 0 Å². The van der Waals surface area contributed by atoms with Gasteiger partial charge in [-0.1, -0.05) is 0 Å². The largest absolute Gasteiger partial charge is 0.382 e. The van der Waals surface area contributed by atoms with Crippen LogP contribution in [-0.2, 0) is 10.0 Å². The standard InChI is InChI=1S/C6H6F3N3O2S/c7-4(8)2-1-3(15(11,13)14)6(10)12-5(2)9/h1,4H,(H2,10,12)(H2,11,13,14). The number of sulfonamides is 1. The smallest absolute Gasteiger partial charge is 0.268 e. The van der Waals surface area contributed by atoms with E-state index in [-0.39, 0.29) is 0 Å². The van der Waals surface area contributed by atoms with Gasteiger partial charge in [-0.2, -0.15) is 4.39 Å². The molecule has 0 atom stereocenters. The maximum absolute atomic E-state index is 12.8. The third-order valence-electron chi connectivity index (χ3n) is 1.54. The van der Waals surface area contributed by atoms with Gasteiger partial charge in [-0.25, -0.2) is 27.3 Å². The minimum absolute atomic E-state index is 0.373. The summed E-state index contributed by atoms with van der Waals surface area (Å²) in [6, 6.07) is 0.373. The van der Waals surface area contributed by atoms with Crippen LogP contribution in [0.4, 0.5) is 19.0 Å². The zero-order valence-electron chi connectivity index (χ0n) is 7.12. The number of aromatic nitrogens is 1. The van der Waals surface area contributed by atoms with Gasteiger partial charge in [0.05, 0.1) is 5.56 Å². The fraction of sp³-hybridized carbons (Fsp3) is 0.167. The van der Waals surface area contributed by atoms with Crippen LogP contribution in [0.3, 0.4) is 0 Å². The number of pyridine rings is 1. The van der Waals surface area contributed by atoms with E-state index in [1.54, 1.807) is 0 Å². The van der Waals surface area contributed by atoms with Crippen LogP contribution in [0.15, 0.2) is 11.0 Å². The van der Waals surface area contributed by atoms with E-state index in [1.807, 2.05) is 0 Å². The molecule has 9 heteroatoms. The highest BCUT2D eigenvalue weighted by Gasteiger charge is 2.22. The van der Waals surface area contributed by atoms with Gasteiger partial charge in [0.1, 0.15) is 10.7 Å². The summed E-state index contributed by atoms with van der Waals surface area (Å²) in [6.45, 7) is 0. The summed E-state index contributed by atoms with van der Waals surface area (Å²) in [4.78, 5) is 2.01. The van der Waals surface area contributed by atoms with Gasteiger partial charge in [0.15, 0.2) is 0 Å². The second-order valence-corrected chi connectivity index (χ2v) is 4.13. The molecule has 0 amide bonds. The molecule has 84 valence electrons. The Morgan fingerprint density at radius 1 is 1.40 bits per heavy atom. The Bertz CT molecular complexity index is 489. The number of alkyl halides is 2. The third-order valence-corrected chi connectivity index (χ3v) is 2.48. The number of primary sulfonamides is 1. The van der Waals surface area contributed by atoms with E-state index in [0.717, 1.165) is 0 Å². The molecule has 0 aromatic carbocycles. The number of halogens is 3. The predicted molar refractivity (Wildman–Crippen MR) is 44.9 cm³/mol. The van der Waals surface area contributed by atoms with Gasteiger partial charge in [-0.3, -0.25) is 0 Å². The quantitative estimate of drug-likeness (QED) is 0.731. The van der Waals surface area contributed by atoms with E-state index in [0.29, 0.717) is 6.07 Å². The molecule has 0 spiro atoms. The molecule has 0 aliphatic heterocycles. The molecule has 0 unspecified atom stereocenters. The molecule has 0 saturated carbocycles. The highest BCUT2D eigenvalue weighted by molar-refractivity contribution is 7.89. The lowest BCUT2D eigenvalue weighted by Crippen LogP contribution is -2.16. The highest BCUT2D eigenvalue weighted by Crippen LogP contribution is 2.25. The molecular formula is C6H6F3N3O2S. The normalized spacial score (nSPS) is 12.1. The highest BCUT2D eigenvalue weighted by atomic mass is 32.2. The minimum Gasteiger partial charge on any atom is -0.382 e. The van der Waals surface area contributed by atoms with Crippen LogP contribution < -0.4 is 10.9 Å². The Morgan fingerprint density at radius 3 is 2.33 bits per heavy atom. The van der Waals surface area contributed by atoms with E-state index in [4.69, 9.17) is 5.73 Å². The lowest BCUT2D eigenvalue weighted by Gasteiger charge is -2.06. The Balaban J connectivity index is 3.50. The van der Waals surface area contributed by atoms with E-state index in [2.05, 4.69) is 10.1 Å². The molecule has 0 radical (unpaired) electrons. The molecule has 1 aromatic rings. The number of rotatable bonds is 2. The molecule has 0 saturated heterocycles. The second-order valence-electron chi connectivity index (χ2n) is 2.60. The molecule has 1 rings (SSSR count). The molecule has 0 aliphatic carbocycles. The van der Waals surface area contributed by atoms with Crippen molar-refractivity contribution < 1.29 is 21.6 Å². The number of nitrogens with zero attached hydrogens (tertiary/aromatic N) is 1. The van der Waals surface area contributed by atoms with Crippen molar-refractivity contribution in [2.24, 2.45) is 5.14 Å². The van der Waals surface area contributed by atoms with Crippen molar-refractivity contribution in [3.8, 4) is 0 Å². The Labute approximate surface area is 83.0 Å². The fourth-order valence-electron chi connectivity index (χ4n) is 0.881. The summed E-state index contributed by atoms with van der Waals surface area (Å²) < 4.78 is 58.8. The molecular weight excluding hydrogens is 235 g/mol. The van der Waals surface area contributed by atoms with Crippen LogP contribution in [0.1, 0.15) is 12.0 Å². The van der Waals surface area contributed by atoms with Gasteiger partial charge >= 0.3 is 0 Å². The maximum atomic E-state index is 12.8. The molecule has 5 nitrogen and oxygen atoms in total. The summed E-state index contributed by atoms with van der Waals surface area (Å²) >= 11 is 0. The fourth-order valence-corrected chi connectivity index (χ4v) is 1.51. The van der Waals surface area contributed by atoms with Crippen LogP contribution in [0.5, 0.6) is 0 Å². The van der Waals surface area contributed by atoms with Crippen molar-refractivity contribution in [1.29, 1.82) is 0 Å². The maximum Gasteiger partial charge on any atom is 0.268 e. The van der Waals surface area contributed by atoms with E-state index in [1.165, 1.54) is 0 Å². The van der Waals surface area contributed by atoms with Crippen LogP contribution in [0, 0.1) is 5.95 Å². The first-order valence-electron chi connectivity index (χ1n) is 3.50. The topological polar surface area (TPSA) is 99.1 Å². The summed E-state index contributed by atoms with van der Waals surface area (Å²) in [6.07, 6.45) is -3.20. The number of nitrogen functional groups attached to an aromatic ring is 1. The molecule has 15 heavy (non-hydrogen) atoms. The van der Waals surface area contributed by atoms with E-state index >= 15 is 0 Å². The Hall–Kier alpha value is -1.35. The number of hydrogen-bond donors (Lipinski definition) is 2. The van der Waals surface area contributed by atoms with Gasteiger partial charge in [0.25, 0.3) is 6.43 Å². The van der Waals surface area contributed by atoms with E-state index in [9.17, 15) is 21.6 Å². The van der Waals surface area contributed by atoms with Gasteiger partial charge < -0.3 is 5.73 Å². The lowest BCUT2D eigenvalue weighted by atomic mass is 10.3. The van der Waals surface area contributed by atoms with Crippen molar-refractivity contribution >= 4 is 15.8 Å². The van der Waals surface area contributed by atoms with E-state index < -0.39 is 38.7 Å². The van der Waals surface area contributed by atoms with Gasteiger partial charge in [-0.05, 0) is 6.07 Å². The molecule has 1 aromatic heterocycles. The average molecular weight is 241 g/mol. The molecule has 0 aliphatic rings. The summed E-state index contributed by atoms with van der Waals surface area (Å²) in [5.74, 6) is -2.27. The summed E-state index contributed by atoms with van der Waals surface area (Å²) in [5.41, 5.74) is 3.86. The molecule has 0 fully saturated rings. The number of anilines is 1. The van der Waals surface area contributed by atoms with Crippen molar-refractivity contribution in [2.45, 2.75) is 11.3 Å². The zero-order chi connectivity index (χ0) is 11.8. The molecule has 1 heterocycles. The average Bonchev–Trinajstić information content (AvgIpc) is 2.00. The van der Waals surface area contributed by atoms with Crippen molar-refractivity contribution in [2.75, 3.05) is 5.73 Å². The predicted octanol–water partition coefficient (Wildman–Crippen LogP) is 0.388. The van der Waals surface area contributed by atoms with Crippen molar-refractivity contribution in [1.82, 2.24) is 4.98 Å². The first kappa shape index (κ1) is 11.7. The first-order valence-corrected chi connectivity index (χ1v) is 5.05. The molecule has 4 N–H and O–H groups in total. The van der Waals surface area contributed by atoms with Crippen molar-refractivity contribution in [3.63, 3.8) is 0 Å². The monoisotopic (exact) mass is 241 g/mol. The third kappa shape index (κ3) is 2.36. The number of nitrogens with two attached hydrogens (primary N) is 2. The Morgan fingerprint density at radius 2 is 1.93 bits per heavy atom. The second kappa shape index (κ2) is 3.66. The first-order chi connectivity index (χ1) is 6.73. The van der Waals surface area contributed by atoms with Crippen LogP contribution >= 0.6 is 0 Å². The SMILES string of the molecule is Nc1nc(F)c(C(F)F)cc1S(N)(=O)=O. The number of hydrogen-bond acceptors (Lipinski definition) is 4. The van der Waals surface area contributed by atoms with Gasteiger partial charge in [-0.15, -0.1) is 0 Å².